The first-order valence-corrected chi connectivity index (χ1v) is 6.25. The average Bonchev–Trinajstić information content (AvgIpc) is 2.70. The molecule has 2 rings (SSSR count). The zero-order valence-electron chi connectivity index (χ0n) is 8.08. The highest BCUT2D eigenvalue weighted by atomic mass is 35.5. The highest BCUT2D eigenvalue weighted by Crippen LogP contribution is 2.28. The van der Waals surface area contributed by atoms with Crippen LogP contribution in [0.4, 0.5) is 5.69 Å². The molecule has 0 aromatic carbocycles. The van der Waals surface area contributed by atoms with Crippen LogP contribution in [0.3, 0.4) is 0 Å². The number of nitrogens with zero attached hydrogens (tertiary/aromatic N) is 2. The van der Waals surface area contributed by atoms with Crippen LogP contribution in [-0.4, -0.2) is 15.9 Å². The number of aromatic nitrogens is 2. The Morgan fingerprint density at radius 1 is 1.18 bits per heavy atom. The second-order valence-electron chi connectivity index (χ2n) is 2.89. The van der Waals surface area contributed by atoms with E-state index in [1.54, 1.807) is 12.1 Å². The summed E-state index contributed by atoms with van der Waals surface area (Å²) in [5.74, 6) is -0.361. The van der Waals surface area contributed by atoms with Crippen LogP contribution in [0.15, 0.2) is 18.5 Å². The molecule has 0 atom stereocenters. The number of rotatable bonds is 2. The van der Waals surface area contributed by atoms with Crippen LogP contribution in [0, 0.1) is 0 Å². The van der Waals surface area contributed by atoms with Gasteiger partial charge in [-0.15, -0.1) is 11.3 Å². The van der Waals surface area contributed by atoms with E-state index in [2.05, 4.69) is 15.3 Å². The van der Waals surface area contributed by atoms with E-state index in [0.29, 0.717) is 9.21 Å². The van der Waals surface area contributed by atoms with Crippen LogP contribution in [0.2, 0.25) is 14.6 Å². The van der Waals surface area contributed by atoms with Crippen LogP contribution in [0.25, 0.3) is 0 Å². The van der Waals surface area contributed by atoms with Gasteiger partial charge in [0.1, 0.15) is 12.0 Å². The van der Waals surface area contributed by atoms with Crippen molar-refractivity contribution in [2.45, 2.75) is 0 Å². The van der Waals surface area contributed by atoms with Crippen LogP contribution < -0.4 is 5.32 Å². The van der Waals surface area contributed by atoms with Gasteiger partial charge in [-0.25, -0.2) is 9.97 Å². The first-order valence-electron chi connectivity index (χ1n) is 4.30. The van der Waals surface area contributed by atoms with Gasteiger partial charge < -0.3 is 5.32 Å². The molecule has 0 spiro atoms. The number of thiophene rings is 1. The van der Waals surface area contributed by atoms with Crippen LogP contribution in [0.5, 0.6) is 0 Å². The SMILES string of the molecule is O=C(Nc1c(Cl)ncnc1Cl)c1ccc(Cl)s1. The van der Waals surface area contributed by atoms with E-state index in [4.69, 9.17) is 34.8 Å². The maximum Gasteiger partial charge on any atom is 0.265 e. The molecule has 0 aliphatic rings. The third-order valence-corrected chi connectivity index (χ3v) is 3.59. The number of nitrogens with one attached hydrogen (secondary N) is 1. The fourth-order valence-corrected chi connectivity index (χ4v) is 2.41. The van der Waals surface area contributed by atoms with Gasteiger partial charge in [0.25, 0.3) is 5.91 Å². The summed E-state index contributed by atoms with van der Waals surface area (Å²) in [6.45, 7) is 0. The number of carbonyl (C=O) groups excluding carboxylic acids is 1. The molecule has 2 heterocycles. The molecule has 8 heteroatoms. The number of carbonyl (C=O) groups is 1. The topological polar surface area (TPSA) is 54.9 Å². The third kappa shape index (κ3) is 2.87. The Morgan fingerprint density at radius 3 is 2.35 bits per heavy atom. The van der Waals surface area contributed by atoms with Gasteiger partial charge in [0.15, 0.2) is 10.3 Å². The van der Waals surface area contributed by atoms with Crippen molar-refractivity contribution in [1.29, 1.82) is 0 Å². The Kier molecular flexibility index (Phi) is 3.83. The molecule has 0 radical (unpaired) electrons. The van der Waals surface area contributed by atoms with Gasteiger partial charge in [-0.05, 0) is 12.1 Å². The second-order valence-corrected chi connectivity index (χ2v) is 5.32. The van der Waals surface area contributed by atoms with Gasteiger partial charge in [-0.3, -0.25) is 4.79 Å². The summed E-state index contributed by atoms with van der Waals surface area (Å²) in [6.07, 6.45) is 1.21. The largest absolute Gasteiger partial charge is 0.316 e. The van der Waals surface area contributed by atoms with Crippen molar-refractivity contribution in [1.82, 2.24) is 9.97 Å². The number of amides is 1. The summed E-state index contributed by atoms with van der Waals surface area (Å²) in [5.41, 5.74) is 0.186. The molecule has 17 heavy (non-hydrogen) atoms. The quantitative estimate of drug-likeness (QED) is 0.860. The molecule has 0 saturated carbocycles. The van der Waals surface area contributed by atoms with Crippen molar-refractivity contribution in [2.75, 3.05) is 5.32 Å². The van der Waals surface area contributed by atoms with Gasteiger partial charge in [0.2, 0.25) is 0 Å². The smallest absolute Gasteiger partial charge is 0.265 e. The molecule has 0 fully saturated rings. The molecule has 4 nitrogen and oxygen atoms in total. The Balaban J connectivity index is 2.24. The monoisotopic (exact) mass is 307 g/mol. The Morgan fingerprint density at radius 2 is 1.82 bits per heavy atom. The van der Waals surface area contributed by atoms with E-state index < -0.39 is 0 Å². The zero-order valence-corrected chi connectivity index (χ0v) is 11.2. The first kappa shape index (κ1) is 12.6. The minimum absolute atomic E-state index is 0.0843. The molecule has 0 saturated heterocycles. The summed E-state index contributed by atoms with van der Waals surface area (Å²) in [6, 6.07) is 3.24. The molecule has 2 aromatic rings. The first-order chi connectivity index (χ1) is 8.08. The van der Waals surface area contributed by atoms with Gasteiger partial charge in [0.05, 0.1) is 9.21 Å². The fourth-order valence-electron chi connectivity index (χ4n) is 1.06. The van der Waals surface area contributed by atoms with E-state index in [1.165, 1.54) is 6.33 Å². The summed E-state index contributed by atoms with van der Waals surface area (Å²) >= 11 is 18.5. The lowest BCUT2D eigenvalue weighted by molar-refractivity contribution is 0.103. The van der Waals surface area contributed by atoms with Crippen molar-refractivity contribution in [3.8, 4) is 0 Å². The van der Waals surface area contributed by atoms with Crippen LogP contribution in [-0.2, 0) is 0 Å². The average molecular weight is 309 g/mol. The molecule has 1 amide bonds. The Labute approximate surface area is 116 Å². The van der Waals surface area contributed by atoms with E-state index in [0.717, 1.165) is 11.3 Å². The van der Waals surface area contributed by atoms with Gasteiger partial charge in [-0.1, -0.05) is 34.8 Å². The molecular formula is C9H4Cl3N3OS. The predicted octanol–water partition coefficient (Wildman–Crippen LogP) is 3.75. The van der Waals surface area contributed by atoms with Gasteiger partial charge >= 0.3 is 0 Å². The zero-order chi connectivity index (χ0) is 12.4. The number of halogens is 3. The van der Waals surface area contributed by atoms with Crippen LogP contribution in [0.1, 0.15) is 9.67 Å². The minimum atomic E-state index is -0.361. The molecule has 0 unspecified atom stereocenters. The minimum Gasteiger partial charge on any atom is -0.316 e. The second kappa shape index (κ2) is 5.18. The lowest BCUT2D eigenvalue weighted by Gasteiger charge is -2.05. The molecule has 0 bridgehead atoms. The maximum absolute atomic E-state index is 11.8. The van der Waals surface area contributed by atoms with Gasteiger partial charge in [-0.2, -0.15) is 0 Å². The lowest BCUT2D eigenvalue weighted by atomic mass is 10.4. The highest BCUT2D eigenvalue weighted by molar-refractivity contribution is 7.18. The number of hydrogen-bond acceptors (Lipinski definition) is 4. The van der Waals surface area contributed by atoms with Crippen molar-refractivity contribution < 1.29 is 4.79 Å². The summed E-state index contributed by atoms with van der Waals surface area (Å²) < 4.78 is 0.525. The van der Waals surface area contributed by atoms with E-state index >= 15 is 0 Å². The molecule has 88 valence electrons. The maximum atomic E-state index is 11.8. The predicted molar refractivity (Wildman–Crippen MR) is 69.3 cm³/mol. The third-order valence-electron chi connectivity index (χ3n) is 1.79. The van der Waals surface area contributed by atoms with Crippen molar-refractivity contribution in [3.05, 3.63) is 38.0 Å². The standard InChI is InChI=1S/C9H4Cl3N3OS/c10-5-2-1-4(17-5)9(16)15-6-7(11)13-3-14-8(6)12/h1-3H,(H,15,16). The summed E-state index contributed by atoms with van der Waals surface area (Å²) in [4.78, 5) is 19.7. The number of hydrogen-bond donors (Lipinski definition) is 1. The molecule has 2 aromatic heterocycles. The highest BCUT2D eigenvalue weighted by Gasteiger charge is 2.14. The Hall–Kier alpha value is -0.880. The van der Waals surface area contributed by atoms with Gasteiger partial charge in [0, 0.05) is 0 Å². The normalized spacial score (nSPS) is 10.3. The molecular weight excluding hydrogens is 305 g/mol. The molecule has 0 aliphatic carbocycles. The molecule has 0 aliphatic heterocycles. The fraction of sp³-hybridized carbons (Fsp3) is 0. The Bertz CT molecular complexity index is 552. The summed E-state index contributed by atoms with van der Waals surface area (Å²) in [5, 5.41) is 2.70. The van der Waals surface area contributed by atoms with E-state index in [1.807, 2.05) is 0 Å². The van der Waals surface area contributed by atoms with Crippen molar-refractivity contribution in [2.24, 2.45) is 0 Å². The lowest BCUT2D eigenvalue weighted by Crippen LogP contribution is -2.11. The van der Waals surface area contributed by atoms with Crippen LogP contribution >= 0.6 is 46.1 Å². The van der Waals surface area contributed by atoms with E-state index in [-0.39, 0.29) is 21.9 Å². The van der Waals surface area contributed by atoms with Crippen molar-refractivity contribution >= 4 is 57.7 Å². The van der Waals surface area contributed by atoms with E-state index in [9.17, 15) is 4.79 Å². The number of anilines is 1. The molecule has 1 N–H and O–H groups in total. The van der Waals surface area contributed by atoms with Crippen molar-refractivity contribution in [3.63, 3.8) is 0 Å². The summed E-state index contributed by atoms with van der Waals surface area (Å²) in [7, 11) is 0.